The Kier molecular flexibility index (Phi) is 3.97. The van der Waals surface area contributed by atoms with Crippen molar-refractivity contribution in [3.8, 4) is 11.1 Å². The Morgan fingerprint density at radius 3 is 2.50 bits per heavy atom. The van der Waals surface area contributed by atoms with E-state index in [1.807, 2.05) is 4.90 Å². The van der Waals surface area contributed by atoms with Crippen molar-refractivity contribution in [1.82, 2.24) is 15.3 Å². The van der Waals surface area contributed by atoms with E-state index in [0.29, 0.717) is 18.7 Å². The molecule has 2 heterocycles. The van der Waals surface area contributed by atoms with Crippen LogP contribution in [-0.4, -0.2) is 42.1 Å². The van der Waals surface area contributed by atoms with Crippen LogP contribution in [0.4, 0.5) is 10.3 Å². The van der Waals surface area contributed by atoms with Gasteiger partial charge in [-0.2, -0.15) is 9.37 Å². The minimum atomic E-state index is -0.767. The number of nitrogens with zero attached hydrogens (tertiary/aromatic N) is 3. The molecule has 0 atom stereocenters. The Balaban J connectivity index is 2.09. The summed E-state index contributed by atoms with van der Waals surface area (Å²) in [5, 5.41) is 3.19. The number of piperazine rings is 1. The number of benzene rings is 1. The minimum Gasteiger partial charge on any atom is -0.364 e. The highest BCUT2D eigenvalue weighted by Gasteiger charge is 2.23. The predicted molar refractivity (Wildman–Crippen MR) is 81.0 cm³/mol. The van der Waals surface area contributed by atoms with Gasteiger partial charge in [0.2, 0.25) is 11.9 Å². The molecule has 1 amide bonds. The molecule has 0 saturated carbocycles. The molecule has 6 nitrogen and oxygen atoms in total. The topological polar surface area (TPSA) is 84.1 Å². The number of amides is 1. The van der Waals surface area contributed by atoms with Gasteiger partial charge in [-0.15, -0.1) is 0 Å². The molecule has 0 aliphatic carbocycles. The lowest BCUT2D eigenvalue weighted by Gasteiger charge is -2.27. The summed E-state index contributed by atoms with van der Waals surface area (Å²) in [4.78, 5) is 21.7. The lowest BCUT2D eigenvalue weighted by Crippen LogP contribution is -2.44. The van der Waals surface area contributed by atoms with Crippen LogP contribution in [0.1, 0.15) is 10.5 Å². The van der Waals surface area contributed by atoms with Crippen LogP contribution < -0.4 is 16.0 Å². The molecule has 7 heteroatoms. The largest absolute Gasteiger partial charge is 0.364 e. The van der Waals surface area contributed by atoms with E-state index in [1.165, 1.54) is 0 Å². The summed E-state index contributed by atoms with van der Waals surface area (Å²) in [6, 6.07) is 8.70. The van der Waals surface area contributed by atoms with E-state index in [4.69, 9.17) is 5.73 Å². The van der Waals surface area contributed by atoms with Gasteiger partial charge < -0.3 is 16.0 Å². The summed E-state index contributed by atoms with van der Waals surface area (Å²) in [7, 11) is 0. The Hall–Kier alpha value is -2.54. The quantitative estimate of drug-likeness (QED) is 0.819. The van der Waals surface area contributed by atoms with Crippen LogP contribution in [0.2, 0.25) is 0 Å². The fraction of sp³-hybridized carbons (Fsp3) is 0.267. The second-order valence-corrected chi connectivity index (χ2v) is 5.01. The predicted octanol–water partition coefficient (Wildman–Crippen LogP) is 0.791. The van der Waals surface area contributed by atoms with Crippen molar-refractivity contribution in [1.29, 1.82) is 0 Å². The lowest BCUT2D eigenvalue weighted by molar-refractivity contribution is 0.0995. The van der Waals surface area contributed by atoms with Crippen molar-refractivity contribution in [3.05, 3.63) is 42.0 Å². The van der Waals surface area contributed by atoms with E-state index in [-0.39, 0.29) is 17.2 Å². The first-order chi connectivity index (χ1) is 10.7. The maximum Gasteiger partial charge on any atom is 0.268 e. The summed E-state index contributed by atoms with van der Waals surface area (Å²) < 4.78 is 14.5. The molecule has 0 radical (unpaired) electrons. The lowest BCUT2D eigenvalue weighted by atomic mass is 10.1. The van der Waals surface area contributed by atoms with Crippen molar-refractivity contribution in [2.24, 2.45) is 5.73 Å². The highest BCUT2D eigenvalue weighted by molar-refractivity contribution is 5.98. The van der Waals surface area contributed by atoms with Gasteiger partial charge in [0.1, 0.15) is 5.69 Å². The molecule has 1 saturated heterocycles. The number of anilines is 1. The third kappa shape index (κ3) is 2.75. The summed E-state index contributed by atoms with van der Waals surface area (Å²) >= 11 is 0. The highest BCUT2D eigenvalue weighted by atomic mass is 19.1. The second-order valence-electron chi connectivity index (χ2n) is 5.01. The number of hydrogen-bond acceptors (Lipinski definition) is 5. The average Bonchev–Trinajstić information content (AvgIpc) is 2.55. The van der Waals surface area contributed by atoms with Gasteiger partial charge in [0.15, 0.2) is 0 Å². The molecular formula is C15H16FN5O. The number of hydrogen-bond donors (Lipinski definition) is 2. The van der Waals surface area contributed by atoms with Crippen LogP contribution in [-0.2, 0) is 0 Å². The van der Waals surface area contributed by atoms with E-state index < -0.39 is 11.9 Å². The first-order valence-electron chi connectivity index (χ1n) is 7.05. The zero-order valence-corrected chi connectivity index (χ0v) is 11.9. The number of rotatable bonds is 3. The van der Waals surface area contributed by atoms with E-state index >= 15 is 0 Å². The summed E-state index contributed by atoms with van der Waals surface area (Å²) in [6.45, 7) is 2.83. The number of aromatic nitrogens is 2. The molecule has 114 valence electrons. The highest BCUT2D eigenvalue weighted by Crippen LogP contribution is 2.26. The van der Waals surface area contributed by atoms with Crippen LogP contribution in [0.15, 0.2) is 30.3 Å². The van der Waals surface area contributed by atoms with Gasteiger partial charge in [0, 0.05) is 26.2 Å². The number of carbonyl (C=O) groups excluding carboxylic acids is 1. The van der Waals surface area contributed by atoms with Crippen molar-refractivity contribution < 1.29 is 9.18 Å². The van der Waals surface area contributed by atoms with E-state index in [2.05, 4.69) is 15.3 Å². The van der Waals surface area contributed by atoms with Gasteiger partial charge in [0.25, 0.3) is 5.91 Å². The number of carbonyl (C=O) groups is 1. The van der Waals surface area contributed by atoms with Crippen LogP contribution in [0.25, 0.3) is 11.1 Å². The van der Waals surface area contributed by atoms with E-state index in [0.717, 1.165) is 13.1 Å². The Labute approximate surface area is 127 Å². The van der Waals surface area contributed by atoms with Gasteiger partial charge >= 0.3 is 0 Å². The molecule has 0 unspecified atom stereocenters. The smallest absolute Gasteiger partial charge is 0.268 e. The maximum absolute atomic E-state index is 14.5. The Morgan fingerprint density at radius 1 is 1.18 bits per heavy atom. The number of nitrogens with two attached hydrogens (primary N) is 1. The third-order valence-corrected chi connectivity index (χ3v) is 3.55. The molecule has 1 aromatic heterocycles. The fourth-order valence-electron chi connectivity index (χ4n) is 2.47. The molecule has 2 aromatic rings. The van der Waals surface area contributed by atoms with Crippen LogP contribution in [0.3, 0.4) is 0 Å². The molecule has 3 rings (SSSR count). The zero-order chi connectivity index (χ0) is 15.5. The van der Waals surface area contributed by atoms with Crippen LogP contribution in [0.5, 0.6) is 0 Å². The summed E-state index contributed by atoms with van der Waals surface area (Å²) in [6.07, 6.45) is 0. The first kappa shape index (κ1) is 14.4. The van der Waals surface area contributed by atoms with Crippen molar-refractivity contribution in [3.63, 3.8) is 0 Å². The monoisotopic (exact) mass is 301 g/mol. The molecule has 1 aromatic carbocycles. The molecule has 3 N–H and O–H groups in total. The van der Waals surface area contributed by atoms with Gasteiger partial charge in [-0.3, -0.25) is 4.79 Å². The Bertz CT molecular complexity index is 686. The summed E-state index contributed by atoms with van der Waals surface area (Å²) in [5.41, 5.74) is 5.88. The fourth-order valence-corrected chi connectivity index (χ4v) is 2.47. The SMILES string of the molecule is NC(=O)c1nc(N2CCNCC2)nc(F)c1-c1ccccc1. The van der Waals surface area contributed by atoms with E-state index in [9.17, 15) is 9.18 Å². The number of primary amides is 1. The van der Waals surface area contributed by atoms with Gasteiger partial charge in [0.05, 0.1) is 5.56 Å². The van der Waals surface area contributed by atoms with Crippen molar-refractivity contribution in [2.45, 2.75) is 0 Å². The first-order valence-corrected chi connectivity index (χ1v) is 7.05. The molecule has 0 spiro atoms. The third-order valence-electron chi connectivity index (χ3n) is 3.55. The number of nitrogens with one attached hydrogen (secondary N) is 1. The van der Waals surface area contributed by atoms with E-state index in [1.54, 1.807) is 30.3 Å². The average molecular weight is 301 g/mol. The maximum atomic E-state index is 14.5. The molecule has 22 heavy (non-hydrogen) atoms. The normalized spacial score (nSPS) is 14.9. The molecule has 1 aliphatic heterocycles. The van der Waals surface area contributed by atoms with Crippen LogP contribution in [0, 0.1) is 5.95 Å². The Morgan fingerprint density at radius 2 is 1.86 bits per heavy atom. The molecule has 1 fully saturated rings. The van der Waals surface area contributed by atoms with Crippen LogP contribution >= 0.6 is 0 Å². The number of halogens is 1. The second kappa shape index (κ2) is 6.07. The van der Waals surface area contributed by atoms with Crippen molar-refractivity contribution >= 4 is 11.9 Å². The molecule has 1 aliphatic rings. The molecular weight excluding hydrogens is 285 g/mol. The summed E-state index contributed by atoms with van der Waals surface area (Å²) in [5.74, 6) is -1.30. The minimum absolute atomic E-state index is 0.0481. The molecule has 0 bridgehead atoms. The van der Waals surface area contributed by atoms with Gasteiger partial charge in [-0.05, 0) is 5.56 Å². The van der Waals surface area contributed by atoms with Gasteiger partial charge in [-0.1, -0.05) is 30.3 Å². The van der Waals surface area contributed by atoms with Gasteiger partial charge in [-0.25, -0.2) is 4.98 Å². The zero-order valence-electron chi connectivity index (χ0n) is 11.9. The van der Waals surface area contributed by atoms with Crippen molar-refractivity contribution in [2.75, 3.05) is 31.1 Å². The standard InChI is InChI=1S/C15H16FN5O/c16-13-11(10-4-2-1-3-5-10)12(14(17)22)19-15(20-13)21-8-6-18-7-9-21/h1-5,18H,6-9H2,(H2,17,22).